The molecule has 0 saturated carbocycles. The van der Waals surface area contributed by atoms with E-state index in [4.69, 9.17) is 0 Å². The molecule has 1 amide bonds. The van der Waals surface area contributed by atoms with Crippen LogP contribution in [0.15, 0.2) is 41.6 Å². The molecule has 1 aromatic carbocycles. The van der Waals surface area contributed by atoms with E-state index >= 15 is 0 Å². The van der Waals surface area contributed by atoms with Crippen LogP contribution in [0.1, 0.15) is 27.7 Å². The van der Waals surface area contributed by atoms with Crippen molar-refractivity contribution < 1.29 is 9.18 Å². The molecule has 0 fully saturated rings. The summed E-state index contributed by atoms with van der Waals surface area (Å²) in [5.41, 5.74) is 2.08. The Hall–Kier alpha value is -2.48. The van der Waals surface area contributed by atoms with Crippen LogP contribution in [-0.2, 0) is 4.79 Å². The fourth-order valence-corrected chi connectivity index (χ4v) is 3.76. The number of nitrogens with zero attached hydrogens (tertiary/aromatic N) is 5. The van der Waals surface area contributed by atoms with Crippen molar-refractivity contribution in [2.24, 2.45) is 0 Å². The van der Waals surface area contributed by atoms with Crippen LogP contribution in [0.2, 0.25) is 0 Å². The Balaban J connectivity index is 1.82. The van der Waals surface area contributed by atoms with E-state index in [0.29, 0.717) is 16.5 Å². The van der Waals surface area contributed by atoms with Crippen LogP contribution < -0.4 is 0 Å². The summed E-state index contributed by atoms with van der Waals surface area (Å²) in [6, 6.07) is 10.0. The van der Waals surface area contributed by atoms with Gasteiger partial charge in [-0.15, -0.1) is 10.2 Å². The molecular weight excluding hydrogens is 365 g/mol. The van der Waals surface area contributed by atoms with Crippen molar-refractivity contribution in [1.29, 1.82) is 0 Å². The van der Waals surface area contributed by atoms with E-state index in [-0.39, 0.29) is 29.6 Å². The molecule has 0 radical (unpaired) electrons. The van der Waals surface area contributed by atoms with Crippen molar-refractivity contribution in [3.63, 3.8) is 0 Å². The minimum Gasteiger partial charge on any atom is -0.337 e. The predicted molar refractivity (Wildman–Crippen MR) is 104 cm³/mol. The average Bonchev–Trinajstić information content (AvgIpc) is 3.02. The van der Waals surface area contributed by atoms with Crippen molar-refractivity contribution >= 4 is 23.3 Å². The third-order valence-corrected chi connectivity index (χ3v) is 5.00. The lowest BCUT2D eigenvalue weighted by Crippen LogP contribution is -2.43. The summed E-state index contributed by atoms with van der Waals surface area (Å²) < 4.78 is 14.8. The summed E-state index contributed by atoms with van der Waals surface area (Å²) in [5, 5.41) is 13.4. The molecule has 0 saturated heterocycles. The standard InChI is InChI=1S/C19H22FN5OS/c1-12(2)24(13(3)4)18(26)11-27-19-22-21-17-10-9-16(23-25(17)19)14-5-7-15(20)8-6-14/h5-10,12-13H,11H2,1-4H3. The molecule has 0 unspecified atom stereocenters. The molecule has 0 bridgehead atoms. The first-order chi connectivity index (χ1) is 12.9. The summed E-state index contributed by atoms with van der Waals surface area (Å²) >= 11 is 1.31. The number of amides is 1. The molecule has 0 atom stereocenters. The van der Waals surface area contributed by atoms with Gasteiger partial charge in [-0.3, -0.25) is 4.79 Å². The Morgan fingerprint density at radius 1 is 1.07 bits per heavy atom. The van der Waals surface area contributed by atoms with E-state index in [1.165, 1.54) is 23.9 Å². The van der Waals surface area contributed by atoms with E-state index in [2.05, 4.69) is 15.3 Å². The summed E-state index contributed by atoms with van der Waals surface area (Å²) in [5.74, 6) is 0.0229. The molecule has 3 aromatic rings. The minimum atomic E-state index is -0.293. The number of hydrogen-bond donors (Lipinski definition) is 0. The SMILES string of the molecule is CC(C)N(C(=O)CSc1nnc2ccc(-c3ccc(F)cc3)nn12)C(C)C. The number of halogens is 1. The van der Waals surface area contributed by atoms with Crippen LogP contribution in [-0.4, -0.2) is 48.5 Å². The van der Waals surface area contributed by atoms with Gasteiger partial charge in [0.25, 0.3) is 0 Å². The highest BCUT2D eigenvalue weighted by Crippen LogP contribution is 2.21. The van der Waals surface area contributed by atoms with Crippen molar-refractivity contribution in [2.75, 3.05) is 5.75 Å². The monoisotopic (exact) mass is 387 g/mol. The number of fused-ring (bicyclic) bond motifs is 1. The Morgan fingerprint density at radius 2 is 1.74 bits per heavy atom. The number of carbonyl (C=O) groups is 1. The van der Waals surface area contributed by atoms with E-state index in [1.807, 2.05) is 38.7 Å². The highest BCUT2D eigenvalue weighted by atomic mass is 32.2. The number of carbonyl (C=O) groups excluding carboxylic acids is 1. The smallest absolute Gasteiger partial charge is 0.233 e. The first kappa shape index (κ1) is 19.3. The first-order valence-electron chi connectivity index (χ1n) is 8.79. The summed E-state index contributed by atoms with van der Waals surface area (Å²) in [6.07, 6.45) is 0. The Kier molecular flexibility index (Phi) is 5.74. The molecule has 0 aliphatic rings. The molecule has 0 aliphatic carbocycles. The van der Waals surface area contributed by atoms with Crippen molar-refractivity contribution in [3.05, 3.63) is 42.2 Å². The maximum atomic E-state index is 13.1. The maximum absolute atomic E-state index is 13.1. The van der Waals surface area contributed by atoms with Gasteiger partial charge in [-0.05, 0) is 64.1 Å². The van der Waals surface area contributed by atoms with Crippen molar-refractivity contribution in [3.8, 4) is 11.3 Å². The van der Waals surface area contributed by atoms with Gasteiger partial charge >= 0.3 is 0 Å². The molecule has 2 heterocycles. The second-order valence-electron chi connectivity index (χ2n) is 6.76. The number of thioether (sulfide) groups is 1. The quantitative estimate of drug-likeness (QED) is 0.604. The van der Waals surface area contributed by atoms with Crippen molar-refractivity contribution in [1.82, 2.24) is 24.7 Å². The number of hydrogen-bond acceptors (Lipinski definition) is 5. The molecular formula is C19H22FN5OS. The van der Waals surface area contributed by atoms with Crippen molar-refractivity contribution in [2.45, 2.75) is 44.9 Å². The number of aromatic nitrogens is 4. The van der Waals surface area contributed by atoms with Gasteiger partial charge in [0.1, 0.15) is 5.82 Å². The third-order valence-electron chi connectivity index (χ3n) is 4.10. The lowest BCUT2D eigenvalue weighted by atomic mass is 10.1. The summed E-state index contributed by atoms with van der Waals surface area (Å²) in [4.78, 5) is 14.4. The Labute approximate surface area is 161 Å². The molecule has 2 aromatic heterocycles. The van der Waals surface area contributed by atoms with E-state index in [9.17, 15) is 9.18 Å². The molecule has 142 valence electrons. The van der Waals surface area contributed by atoms with E-state index in [0.717, 1.165) is 5.56 Å². The molecule has 8 heteroatoms. The third kappa shape index (κ3) is 4.27. The second kappa shape index (κ2) is 8.04. The van der Waals surface area contributed by atoms with Crippen LogP contribution in [0.25, 0.3) is 16.9 Å². The topological polar surface area (TPSA) is 63.4 Å². The highest BCUT2D eigenvalue weighted by molar-refractivity contribution is 7.99. The van der Waals surface area contributed by atoms with Gasteiger partial charge in [-0.1, -0.05) is 11.8 Å². The summed E-state index contributed by atoms with van der Waals surface area (Å²) in [6.45, 7) is 8.02. The van der Waals surface area contributed by atoms with E-state index in [1.54, 1.807) is 22.7 Å². The molecule has 0 aliphatic heterocycles. The fourth-order valence-electron chi connectivity index (χ4n) is 3.01. The van der Waals surface area contributed by atoms with Gasteiger partial charge in [-0.2, -0.15) is 9.61 Å². The van der Waals surface area contributed by atoms with Crippen LogP contribution >= 0.6 is 11.8 Å². The molecule has 27 heavy (non-hydrogen) atoms. The molecule has 3 rings (SSSR count). The Bertz CT molecular complexity index is 931. The summed E-state index contributed by atoms with van der Waals surface area (Å²) in [7, 11) is 0. The molecule has 6 nitrogen and oxygen atoms in total. The molecule has 0 N–H and O–H groups in total. The van der Waals surface area contributed by atoms with Gasteiger partial charge in [-0.25, -0.2) is 4.39 Å². The zero-order chi connectivity index (χ0) is 19.6. The fraction of sp³-hybridized carbons (Fsp3) is 0.368. The number of benzene rings is 1. The van der Waals surface area contributed by atoms with Gasteiger partial charge in [0.2, 0.25) is 11.1 Å². The lowest BCUT2D eigenvalue weighted by Gasteiger charge is -2.30. The predicted octanol–water partition coefficient (Wildman–Crippen LogP) is 3.67. The van der Waals surface area contributed by atoms with E-state index < -0.39 is 0 Å². The van der Waals surface area contributed by atoms with Gasteiger partial charge in [0.05, 0.1) is 11.4 Å². The molecule has 0 spiro atoms. The van der Waals surface area contributed by atoms with Gasteiger partial charge < -0.3 is 4.90 Å². The highest BCUT2D eigenvalue weighted by Gasteiger charge is 2.21. The van der Waals surface area contributed by atoms with Crippen LogP contribution in [0.3, 0.4) is 0 Å². The van der Waals surface area contributed by atoms with Crippen LogP contribution in [0, 0.1) is 5.82 Å². The maximum Gasteiger partial charge on any atom is 0.233 e. The second-order valence-corrected chi connectivity index (χ2v) is 7.70. The average molecular weight is 387 g/mol. The van der Waals surface area contributed by atoms with Gasteiger partial charge in [0.15, 0.2) is 5.65 Å². The first-order valence-corrected chi connectivity index (χ1v) is 9.77. The van der Waals surface area contributed by atoms with Crippen LogP contribution in [0.5, 0.6) is 0 Å². The number of rotatable bonds is 6. The van der Waals surface area contributed by atoms with Gasteiger partial charge in [0, 0.05) is 17.6 Å². The lowest BCUT2D eigenvalue weighted by molar-refractivity contribution is -0.131. The zero-order valence-electron chi connectivity index (χ0n) is 15.8. The minimum absolute atomic E-state index is 0.0523. The Morgan fingerprint density at radius 3 is 2.37 bits per heavy atom. The normalized spacial score (nSPS) is 11.5. The van der Waals surface area contributed by atoms with Crippen LogP contribution in [0.4, 0.5) is 4.39 Å². The largest absolute Gasteiger partial charge is 0.337 e. The zero-order valence-corrected chi connectivity index (χ0v) is 16.6.